The molecule has 1 aromatic heterocycles. The molecule has 0 aliphatic rings. The van der Waals surface area contributed by atoms with Crippen LogP contribution in [0.15, 0.2) is 16.3 Å². The predicted molar refractivity (Wildman–Crippen MR) is 59.5 cm³/mol. The van der Waals surface area contributed by atoms with Gasteiger partial charge in [0, 0.05) is 0 Å². The number of sulfonamides is 1. The smallest absolute Gasteiger partial charge is 0.250 e. The number of thiophene rings is 1. The van der Waals surface area contributed by atoms with Gasteiger partial charge in [-0.1, -0.05) is 0 Å². The van der Waals surface area contributed by atoms with Crippen LogP contribution in [-0.2, 0) is 14.8 Å². The van der Waals surface area contributed by atoms with Gasteiger partial charge in [0.05, 0.1) is 6.04 Å². The molecule has 0 amide bonds. The lowest BCUT2D eigenvalue weighted by molar-refractivity contribution is -0.118. The molecule has 0 aromatic carbocycles. The molecule has 86 valence electrons. The first kappa shape index (κ1) is 12.8. The summed E-state index contributed by atoms with van der Waals surface area (Å²) in [7, 11) is -3.70. The van der Waals surface area contributed by atoms with Gasteiger partial charge in [0.2, 0.25) is 0 Å². The number of hydrogen-bond acceptors (Lipinski definition) is 5. The molecule has 0 aliphatic carbocycles. The molecule has 7 heteroatoms. The minimum absolute atomic E-state index is 0.0390. The fourth-order valence-electron chi connectivity index (χ4n) is 0.898. The molecule has 0 saturated heterocycles. The van der Waals surface area contributed by atoms with Crippen LogP contribution in [0, 0.1) is 11.3 Å². The summed E-state index contributed by atoms with van der Waals surface area (Å²) in [4.78, 5) is 11.3. The lowest BCUT2D eigenvalue weighted by Crippen LogP contribution is -2.36. The average Bonchev–Trinajstić information content (AvgIpc) is 2.65. The molecule has 0 spiro atoms. The molecule has 0 saturated carbocycles. The second-order valence-electron chi connectivity index (χ2n) is 3.18. The second-order valence-corrected chi connectivity index (χ2v) is 6.21. The Morgan fingerprint density at radius 3 is 2.62 bits per heavy atom. The number of Topliss-reactive ketones (excluding diaryl/α,β-unsaturated/α-hetero) is 1. The van der Waals surface area contributed by atoms with Gasteiger partial charge in [-0.25, -0.2) is 13.1 Å². The summed E-state index contributed by atoms with van der Waals surface area (Å²) in [6.45, 7) is 2.78. The molecule has 5 nitrogen and oxygen atoms in total. The molecular formula is C9H10N2O3S2. The van der Waals surface area contributed by atoms with Crippen molar-refractivity contribution in [3.05, 3.63) is 17.0 Å². The first-order valence-corrected chi connectivity index (χ1v) is 6.69. The van der Waals surface area contributed by atoms with Crippen molar-refractivity contribution in [3.63, 3.8) is 0 Å². The maximum atomic E-state index is 11.7. The first-order chi connectivity index (χ1) is 7.36. The number of rotatable bonds is 4. The maximum absolute atomic E-state index is 11.7. The van der Waals surface area contributed by atoms with Gasteiger partial charge in [-0.2, -0.15) is 5.26 Å². The molecule has 1 unspecified atom stereocenters. The van der Waals surface area contributed by atoms with Crippen LogP contribution in [0.3, 0.4) is 0 Å². The van der Waals surface area contributed by atoms with Crippen LogP contribution in [0.4, 0.5) is 0 Å². The lowest BCUT2D eigenvalue weighted by atomic mass is 10.3. The number of carbonyl (C=O) groups is 1. The summed E-state index contributed by atoms with van der Waals surface area (Å²) in [5.41, 5.74) is 0. The van der Waals surface area contributed by atoms with Crippen LogP contribution in [0.25, 0.3) is 0 Å². The predicted octanol–water partition coefficient (Wildman–Crippen LogP) is 0.876. The number of ketones is 1. The van der Waals surface area contributed by atoms with Gasteiger partial charge in [0.15, 0.2) is 0 Å². The number of carbonyl (C=O) groups excluding carboxylic acids is 1. The summed E-state index contributed by atoms with van der Waals surface area (Å²) in [5.74, 6) is -0.263. The third-order valence-corrected chi connectivity index (χ3v) is 4.92. The Balaban J connectivity index is 2.95. The Morgan fingerprint density at radius 2 is 2.19 bits per heavy atom. The summed E-state index contributed by atoms with van der Waals surface area (Å²) in [6.07, 6.45) is 0. The van der Waals surface area contributed by atoms with E-state index in [4.69, 9.17) is 5.26 Å². The van der Waals surface area contributed by atoms with Crippen LogP contribution < -0.4 is 4.72 Å². The van der Waals surface area contributed by atoms with E-state index in [2.05, 4.69) is 4.72 Å². The van der Waals surface area contributed by atoms with E-state index in [0.29, 0.717) is 4.88 Å². The largest absolute Gasteiger partial charge is 0.298 e. The van der Waals surface area contributed by atoms with Crippen molar-refractivity contribution in [2.24, 2.45) is 0 Å². The van der Waals surface area contributed by atoms with Crippen molar-refractivity contribution >= 4 is 27.1 Å². The summed E-state index contributed by atoms with van der Waals surface area (Å²) >= 11 is 0.871. The number of nitrogens with one attached hydrogen (secondary N) is 1. The Labute approximate surface area is 97.8 Å². The zero-order valence-corrected chi connectivity index (χ0v) is 10.4. The van der Waals surface area contributed by atoms with Crippen LogP contribution >= 0.6 is 11.3 Å². The number of nitriles is 1. The van der Waals surface area contributed by atoms with E-state index >= 15 is 0 Å². The molecule has 0 fully saturated rings. The van der Waals surface area contributed by atoms with E-state index < -0.39 is 16.1 Å². The SMILES string of the molecule is CC(=O)C(C)NS(=O)(=O)c1ccc(C#N)s1. The van der Waals surface area contributed by atoms with Gasteiger partial charge in [0.25, 0.3) is 10.0 Å². The van der Waals surface area contributed by atoms with E-state index in [0.717, 1.165) is 11.3 Å². The Kier molecular flexibility index (Phi) is 3.80. The molecule has 1 rings (SSSR count). The van der Waals surface area contributed by atoms with Gasteiger partial charge in [-0.3, -0.25) is 4.79 Å². The summed E-state index contributed by atoms with van der Waals surface area (Å²) < 4.78 is 25.7. The average molecular weight is 258 g/mol. The zero-order chi connectivity index (χ0) is 12.3. The molecule has 0 radical (unpaired) electrons. The van der Waals surface area contributed by atoms with Crippen LogP contribution in [0.2, 0.25) is 0 Å². The van der Waals surface area contributed by atoms with E-state index in [1.165, 1.54) is 26.0 Å². The van der Waals surface area contributed by atoms with Crippen LogP contribution in [0.5, 0.6) is 0 Å². The van der Waals surface area contributed by atoms with Crippen molar-refractivity contribution in [1.82, 2.24) is 4.72 Å². The van der Waals surface area contributed by atoms with Gasteiger partial charge >= 0.3 is 0 Å². The van der Waals surface area contributed by atoms with Crippen molar-refractivity contribution in [1.29, 1.82) is 5.26 Å². The Morgan fingerprint density at radius 1 is 1.56 bits per heavy atom. The fourth-order valence-corrected chi connectivity index (χ4v) is 3.28. The standard InChI is InChI=1S/C9H10N2O3S2/c1-6(7(2)12)11-16(13,14)9-4-3-8(5-10)15-9/h3-4,6,11H,1-2H3. The molecule has 1 atom stereocenters. The highest BCUT2D eigenvalue weighted by atomic mass is 32.2. The fraction of sp³-hybridized carbons (Fsp3) is 0.333. The molecular weight excluding hydrogens is 248 g/mol. The highest BCUT2D eigenvalue weighted by Crippen LogP contribution is 2.20. The van der Waals surface area contributed by atoms with E-state index in [1.54, 1.807) is 0 Å². The minimum Gasteiger partial charge on any atom is -0.298 e. The number of hydrogen-bond donors (Lipinski definition) is 1. The molecule has 1 aromatic rings. The summed E-state index contributed by atoms with van der Waals surface area (Å²) in [5, 5.41) is 8.58. The highest BCUT2D eigenvalue weighted by Gasteiger charge is 2.21. The molecule has 0 bridgehead atoms. The summed E-state index contributed by atoms with van der Waals surface area (Å²) in [6, 6.07) is 3.86. The second kappa shape index (κ2) is 4.74. The number of nitrogens with zero attached hydrogens (tertiary/aromatic N) is 1. The van der Waals surface area contributed by atoms with Crippen LogP contribution in [-0.4, -0.2) is 20.2 Å². The Hall–Kier alpha value is -1.23. The quantitative estimate of drug-likeness (QED) is 0.868. The molecule has 16 heavy (non-hydrogen) atoms. The monoisotopic (exact) mass is 258 g/mol. The third kappa shape index (κ3) is 2.88. The van der Waals surface area contributed by atoms with Gasteiger partial charge in [-0.15, -0.1) is 11.3 Å². The molecule has 1 heterocycles. The Bertz CT molecular complexity index is 539. The van der Waals surface area contributed by atoms with Crippen LogP contribution in [0.1, 0.15) is 18.7 Å². The van der Waals surface area contributed by atoms with Gasteiger partial charge in [-0.05, 0) is 26.0 Å². The van der Waals surface area contributed by atoms with Crippen molar-refractivity contribution in [2.45, 2.75) is 24.1 Å². The van der Waals surface area contributed by atoms with Crippen molar-refractivity contribution < 1.29 is 13.2 Å². The van der Waals surface area contributed by atoms with E-state index in [1.807, 2.05) is 6.07 Å². The van der Waals surface area contributed by atoms with E-state index in [-0.39, 0.29) is 9.99 Å². The normalized spacial score (nSPS) is 13.1. The lowest BCUT2D eigenvalue weighted by Gasteiger charge is -2.09. The third-order valence-electron chi connectivity index (χ3n) is 1.90. The van der Waals surface area contributed by atoms with Crippen molar-refractivity contribution in [2.75, 3.05) is 0 Å². The molecule has 0 aliphatic heterocycles. The van der Waals surface area contributed by atoms with Crippen molar-refractivity contribution in [3.8, 4) is 6.07 Å². The molecule has 1 N–H and O–H groups in total. The highest BCUT2D eigenvalue weighted by molar-refractivity contribution is 7.91. The first-order valence-electron chi connectivity index (χ1n) is 4.39. The van der Waals surface area contributed by atoms with E-state index in [9.17, 15) is 13.2 Å². The minimum atomic E-state index is -3.70. The van der Waals surface area contributed by atoms with Gasteiger partial charge in [0.1, 0.15) is 20.9 Å². The maximum Gasteiger partial charge on any atom is 0.250 e. The zero-order valence-electron chi connectivity index (χ0n) is 8.72. The van der Waals surface area contributed by atoms with Gasteiger partial charge < -0.3 is 0 Å². The topological polar surface area (TPSA) is 87.0 Å².